The average molecular weight is 258 g/mol. The molecule has 0 bridgehead atoms. The summed E-state index contributed by atoms with van der Waals surface area (Å²) in [5.74, 6) is -0.779. The maximum Gasteiger partial charge on any atom is 0.303 e. The molecule has 1 aromatic heterocycles. The zero-order valence-corrected chi connectivity index (χ0v) is 11.5. The number of carboxylic acid groups (broad SMARTS) is 1. The van der Waals surface area contributed by atoms with Gasteiger partial charge in [-0.25, -0.2) is 4.68 Å². The topological polar surface area (TPSA) is 55.1 Å². The molecular formula is C15H18N2O2. The van der Waals surface area contributed by atoms with Gasteiger partial charge in [-0.15, -0.1) is 0 Å². The SMILES string of the molecule is Cc1cc(C)cc(-n2ncc(CCC(=O)O)c2C)c1. The monoisotopic (exact) mass is 258 g/mol. The van der Waals surface area contributed by atoms with Gasteiger partial charge in [0.2, 0.25) is 0 Å². The number of nitrogens with zero attached hydrogens (tertiary/aromatic N) is 2. The Balaban J connectivity index is 2.33. The van der Waals surface area contributed by atoms with Crippen molar-refractivity contribution in [2.24, 2.45) is 0 Å². The number of carbonyl (C=O) groups is 1. The Hall–Kier alpha value is -2.10. The van der Waals surface area contributed by atoms with Crippen LogP contribution in [0.5, 0.6) is 0 Å². The molecule has 0 spiro atoms. The van der Waals surface area contributed by atoms with Gasteiger partial charge >= 0.3 is 5.97 Å². The van der Waals surface area contributed by atoms with Gasteiger partial charge in [-0.2, -0.15) is 5.10 Å². The molecule has 0 fully saturated rings. The Kier molecular flexibility index (Phi) is 3.69. The van der Waals surface area contributed by atoms with Crippen LogP contribution in [0.4, 0.5) is 0 Å². The molecule has 0 amide bonds. The van der Waals surface area contributed by atoms with Gasteiger partial charge in [0.05, 0.1) is 11.9 Å². The van der Waals surface area contributed by atoms with E-state index in [0.717, 1.165) is 16.9 Å². The van der Waals surface area contributed by atoms with Crippen molar-refractivity contribution in [2.75, 3.05) is 0 Å². The molecule has 1 heterocycles. The third kappa shape index (κ3) is 3.02. The van der Waals surface area contributed by atoms with Crippen molar-refractivity contribution in [1.82, 2.24) is 9.78 Å². The van der Waals surface area contributed by atoms with Gasteiger partial charge in [0, 0.05) is 12.1 Å². The maximum absolute atomic E-state index is 10.6. The molecule has 1 N–H and O–H groups in total. The molecule has 0 aliphatic heterocycles. The van der Waals surface area contributed by atoms with Crippen LogP contribution < -0.4 is 0 Å². The highest BCUT2D eigenvalue weighted by atomic mass is 16.4. The molecule has 0 unspecified atom stereocenters. The number of rotatable bonds is 4. The summed E-state index contributed by atoms with van der Waals surface area (Å²) in [6.45, 7) is 6.09. The number of aliphatic carboxylic acids is 1. The molecular weight excluding hydrogens is 240 g/mol. The Morgan fingerprint density at radius 2 is 1.84 bits per heavy atom. The van der Waals surface area contributed by atoms with E-state index >= 15 is 0 Å². The van der Waals surface area contributed by atoms with E-state index < -0.39 is 5.97 Å². The fourth-order valence-corrected chi connectivity index (χ4v) is 2.26. The van der Waals surface area contributed by atoms with E-state index in [1.54, 1.807) is 6.20 Å². The van der Waals surface area contributed by atoms with Gasteiger partial charge in [0.15, 0.2) is 0 Å². The zero-order valence-electron chi connectivity index (χ0n) is 11.5. The van der Waals surface area contributed by atoms with E-state index in [1.807, 2.05) is 11.6 Å². The van der Waals surface area contributed by atoms with Crippen LogP contribution in [0.3, 0.4) is 0 Å². The zero-order chi connectivity index (χ0) is 14.0. The van der Waals surface area contributed by atoms with Gasteiger partial charge in [-0.05, 0) is 56.0 Å². The largest absolute Gasteiger partial charge is 0.481 e. The van der Waals surface area contributed by atoms with Crippen LogP contribution in [0.1, 0.15) is 28.8 Å². The number of aryl methyl sites for hydroxylation is 3. The summed E-state index contributed by atoms with van der Waals surface area (Å²) < 4.78 is 1.87. The lowest BCUT2D eigenvalue weighted by Gasteiger charge is -2.08. The Bertz CT molecular complexity index is 594. The van der Waals surface area contributed by atoms with Crippen LogP contribution in [0.25, 0.3) is 5.69 Å². The second-order valence-electron chi connectivity index (χ2n) is 4.91. The Morgan fingerprint density at radius 1 is 1.21 bits per heavy atom. The van der Waals surface area contributed by atoms with Crippen LogP contribution in [0, 0.1) is 20.8 Å². The van der Waals surface area contributed by atoms with Crippen molar-refractivity contribution in [1.29, 1.82) is 0 Å². The van der Waals surface area contributed by atoms with Crippen LogP contribution in [-0.4, -0.2) is 20.9 Å². The molecule has 0 radical (unpaired) electrons. The number of hydrogen-bond donors (Lipinski definition) is 1. The first-order chi connectivity index (χ1) is 8.97. The second kappa shape index (κ2) is 5.26. The molecule has 2 aromatic rings. The van der Waals surface area contributed by atoms with Crippen molar-refractivity contribution >= 4 is 5.97 Å². The van der Waals surface area contributed by atoms with Gasteiger partial charge in [-0.1, -0.05) is 6.07 Å². The van der Waals surface area contributed by atoms with Crippen molar-refractivity contribution in [3.05, 3.63) is 46.8 Å². The van der Waals surface area contributed by atoms with Crippen molar-refractivity contribution < 1.29 is 9.90 Å². The summed E-state index contributed by atoms with van der Waals surface area (Å²) in [6.07, 6.45) is 2.42. The Morgan fingerprint density at radius 3 is 2.42 bits per heavy atom. The van der Waals surface area contributed by atoms with Crippen LogP contribution in [0.2, 0.25) is 0 Å². The van der Waals surface area contributed by atoms with Gasteiger partial charge in [0.25, 0.3) is 0 Å². The van der Waals surface area contributed by atoms with Crippen molar-refractivity contribution in [2.45, 2.75) is 33.6 Å². The lowest BCUT2D eigenvalue weighted by atomic mass is 10.1. The molecule has 4 heteroatoms. The minimum Gasteiger partial charge on any atom is -0.481 e. The van der Waals surface area contributed by atoms with E-state index in [9.17, 15) is 4.79 Å². The predicted octanol–water partition coefficient (Wildman–Crippen LogP) is 2.81. The third-order valence-corrected chi connectivity index (χ3v) is 3.17. The number of aromatic nitrogens is 2. The lowest BCUT2D eigenvalue weighted by molar-refractivity contribution is -0.136. The lowest BCUT2D eigenvalue weighted by Crippen LogP contribution is -2.02. The van der Waals surface area contributed by atoms with Gasteiger partial charge < -0.3 is 5.11 Å². The number of hydrogen-bond acceptors (Lipinski definition) is 2. The summed E-state index contributed by atoms with van der Waals surface area (Å²) in [4.78, 5) is 10.6. The molecule has 0 saturated heterocycles. The van der Waals surface area contributed by atoms with E-state index in [1.165, 1.54) is 11.1 Å². The third-order valence-electron chi connectivity index (χ3n) is 3.17. The summed E-state index contributed by atoms with van der Waals surface area (Å²) in [5, 5.41) is 13.1. The average Bonchev–Trinajstić information content (AvgIpc) is 2.66. The first-order valence-corrected chi connectivity index (χ1v) is 6.31. The van der Waals surface area contributed by atoms with Crippen LogP contribution >= 0.6 is 0 Å². The first kappa shape index (κ1) is 13.3. The molecule has 0 aliphatic rings. The van der Waals surface area contributed by atoms with Gasteiger partial charge in [-0.3, -0.25) is 4.79 Å². The smallest absolute Gasteiger partial charge is 0.303 e. The fourth-order valence-electron chi connectivity index (χ4n) is 2.26. The molecule has 2 rings (SSSR count). The quantitative estimate of drug-likeness (QED) is 0.917. The van der Waals surface area contributed by atoms with Crippen molar-refractivity contribution in [3.63, 3.8) is 0 Å². The fraction of sp³-hybridized carbons (Fsp3) is 0.333. The maximum atomic E-state index is 10.6. The normalized spacial score (nSPS) is 10.7. The van der Waals surface area contributed by atoms with Crippen LogP contribution in [0.15, 0.2) is 24.4 Å². The Labute approximate surface area is 112 Å². The van der Waals surface area contributed by atoms with E-state index in [-0.39, 0.29) is 6.42 Å². The summed E-state index contributed by atoms with van der Waals surface area (Å²) in [6, 6.07) is 6.27. The minimum absolute atomic E-state index is 0.138. The molecule has 100 valence electrons. The molecule has 0 atom stereocenters. The van der Waals surface area contributed by atoms with E-state index in [4.69, 9.17) is 5.11 Å². The van der Waals surface area contributed by atoms with Crippen molar-refractivity contribution in [3.8, 4) is 5.69 Å². The minimum atomic E-state index is -0.779. The highest BCUT2D eigenvalue weighted by Gasteiger charge is 2.10. The van der Waals surface area contributed by atoms with Gasteiger partial charge in [0.1, 0.15) is 0 Å². The predicted molar refractivity (Wildman–Crippen MR) is 73.7 cm³/mol. The molecule has 1 aromatic carbocycles. The number of carboxylic acids is 1. The molecule has 0 aliphatic carbocycles. The van der Waals surface area contributed by atoms with Crippen LogP contribution in [-0.2, 0) is 11.2 Å². The van der Waals surface area contributed by atoms with E-state index in [2.05, 4.69) is 37.1 Å². The summed E-state index contributed by atoms with van der Waals surface area (Å²) >= 11 is 0. The summed E-state index contributed by atoms with van der Waals surface area (Å²) in [7, 11) is 0. The van der Waals surface area contributed by atoms with E-state index in [0.29, 0.717) is 6.42 Å². The highest BCUT2D eigenvalue weighted by molar-refractivity contribution is 5.67. The highest BCUT2D eigenvalue weighted by Crippen LogP contribution is 2.18. The summed E-state index contributed by atoms with van der Waals surface area (Å²) in [5.41, 5.74) is 5.40. The molecule has 19 heavy (non-hydrogen) atoms. The number of benzene rings is 1. The molecule has 0 saturated carbocycles. The standard InChI is InChI=1S/C15H18N2O2/c1-10-6-11(2)8-14(7-10)17-12(3)13(9-16-17)4-5-15(18)19/h6-9H,4-5H2,1-3H3,(H,18,19). The molecule has 4 nitrogen and oxygen atoms in total. The second-order valence-corrected chi connectivity index (χ2v) is 4.91. The first-order valence-electron chi connectivity index (χ1n) is 6.31.